The zero-order chi connectivity index (χ0) is 12.2. The molecule has 1 unspecified atom stereocenters. The maximum Gasteiger partial charge on any atom is 0.309 e. The lowest BCUT2D eigenvalue weighted by Gasteiger charge is -2.06. The van der Waals surface area contributed by atoms with E-state index in [2.05, 4.69) is 13.0 Å². The van der Waals surface area contributed by atoms with Gasteiger partial charge in [-0.2, -0.15) is 0 Å². The summed E-state index contributed by atoms with van der Waals surface area (Å²) in [5.74, 6) is -0.400. The molecule has 0 saturated heterocycles. The van der Waals surface area contributed by atoms with Gasteiger partial charge in [0, 0.05) is 0 Å². The molecule has 4 nitrogen and oxygen atoms in total. The van der Waals surface area contributed by atoms with Crippen molar-refractivity contribution in [3.05, 3.63) is 24.3 Å². The minimum atomic E-state index is -0.986. The predicted octanol–water partition coefficient (Wildman–Crippen LogP) is 1.19. The molecule has 0 radical (unpaired) electrons. The molecule has 0 amide bonds. The number of carbonyl (C=O) groups excluding carboxylic acids is 1. The average Bonchev–Trinajstić information content (AvgIpc) is 2.30. The van der Waals surface area contributed by atoms with Crippen molar-refractivity contribution >= 4 is 5.97 Å². The highest BCUT2D eigenvalue weighted by Crippen LogP contribution is 1.94. The SMILES string of the molecule is CC/C=C\C/C=C\CC(=O)OCC(O)CO. The Morgan fingerprint density at radius 3 is 2.62 bits per heavy atom. The van der Waals surface area contributed by atoms with Crippen LogP contribution in [-0.4, -0.2) is 35.5 Å². The van der Waals surface area contributed by atoms with E-state index >= 15 is 0 Å². The molecule has 0 aromatic carbocycles. The van der Waals surface area contributed by atoms with Crippen LogP contribution in [0.5, 0.6) is 0 Å². The summed E-state index contributed by atoms with van der Waals surface area (Å²) in [5, 5.41) is 17.4. The summed E-state index contributed by atoms with van der Waals surface area (Å²) in [5.41, 5.74) is 0. The van der Waals surface area contributed by atoms with Gasteiger partial charge in [0.05, 0.1) is 13.0 Å². The van der Waals surface area contributed by atoms with E-state index in [0.717, 1.165) is 12.8 Å². The number of ether oxygens (including phenoxy) is 1. The molecular formula is C12H20O4. The van der Waals surface area contributed by atoms with Crippen LogP contribution in [0.15, 0.2) is 24.3 Å². The van der Waals surface area contributed by atoms with Crippen LogP contribution in [0.4, 0.5) is 0 Å². The second kappa shape index (κ2) is 10.4. The standard InChI is InChI=1S/C12H20O4/c1-2-3-4-5-6-7-8-12(15)16-10-11(14)9-13/h3-4,6-7,11,13-14H,2,5,8-10H2,1H3/b4-3-,7-6-. The summed E-state index contributed by atoms with van der Waals surface area (Å²) in [6.45, 7) is 1.51. The van der Waals surface area contributed by atoms with Gasteiger partial charge >= 0.3 is 5.97 Å². The van der Waals surface area contributed by atoms with Crippen molar-refractivity contribution in [3.8, 4) is 0 Å². The van der Waals surface area contributed by atoms with Gasteiger partial charge in [-0.3, -0.25) is 4.79 Å². The maximum absolute atomic E-state index is 11.1. The largest absolute Gasteiger partial charge is 0.463 e. The molecule has 2 N–H and O–H groups in total. The van der Waals surface area contributed by atoms with Gasteiger partial charge in [-0.25, -0.2) is 0 Å². The Bertz CT molecular complexity index is 233. The second-order valence-electron chi connectivity index (χ2n) is 3.31. The molecule has 0 rings (SSSR count). The minimum Gasteiger partial charge on any atom is -0.463 e. The lowest BCUT2D eigenvalue weighted by Crippen LogP contribution is -2.21. The van der Waals surface area contributed by atoms with Gasteiger partial charge in [0.2, 0.25) is 0 Å². The summed E-state index contributed by atoms with van der Waals surface area (Å²) in [4.78, 5) is 11.1. The van der Waals surface area contributed by atoms with Crippen LogP contribution in [0.1, 0.15) is 26.2 Å². The van der Waals surface area contributed by atoms with Gasteiger partial charge in [-0.15, -0.1) is 0 Å². The molecule has 0 bridgehead atoms. The number of hydrogen-bond donors (Lipinski definition) is 2. The normalized spacial score (nSPS) is 13.4. The third-order valence-electron chi connectivity index (χ3n) is 1.77. The van der Waals surface area contributed by atoms with Crippen molar-refractivity contribution in [3.63, 3.8) is 0 Å². The van der Waals surface area contributed by atoms with E-state index in [9.17, 15) is 4.79 Å². The summed E-state index contributed by atoms with van der Waals surface area (Å²) in [6.07, 6.45) is 8.72. The van der Waals surface area contributed by atoms with Crippen LogP contribution < -0.4 is 0 Å². The fourth-order valence-electron chi connectivity index (χ4n) is 0.918. The number of rotatable bonds is 8. The number of aliphatic hydroxyl groups is 2. The highest BCUT2D eigenvalue weighted by Gasteiger charge is 2.05. The molecule has 1 atom stereocenters. The molecule has 0 aromatic rings. The van der Waals surface area contributed by atoms with E-state index in [1.54, 1.807) is 6.08 Å². The molecule has 16 heavy (non-hydrogen) atoms. The number of allylic oxidation sites excluding steroid dienone is 3. The monoisotopic (exact) mass is 228 g/mol. The summed E-state index contributed by atoms with van der Waals surface area (Å²) < 4.78 is 4.70. The number of aliphatic hydroxyl groups excluding tert-OH is 2. The molecule has 92 valence electrons. The van der Waals surface area contributed by atoms with Crippen LogP contribution >= 0.6 is 0 Å². The first-order valence-corrected chi connectivity index (χ1v) is 5.45. The Morgan fingerprint density at radius 2 is 2.00 bits per heavy atom. The topological polar surface area (TPSA) is 66.8 Å². The van der Waals surface area contributed by atoms with Crippen LogP contribution in [0.25, 0.3) is 0 Å². The third-order valence-corrected chi connectivity index (χ3v) is 1.77. The van der Waals surface area contributed by atoms with Gasteiger partial charge in [0.25, 0.3) is 0 Å². The van der Waals surface area contributed by atoms with Gasteiger partial charge in [-0.05, 0) is 12.8 Å². The molecule has 0 aliphatic rings. The molecule has 0 aliphatic carbocycles. The van der Waals surface area contributed by atoms with E-state index < -0.39 is 18.7 Å². The number of esters is 1. The first kappa shape index (κ1) is 14.9. The summed E-state index contributed by atoms with van der Waals surface area (Å²) in [6, 6.07) is 0. The van der Waals surface area contributed by atoms with Crippen LogP contribution in [0, 0.1) is 0 Å². The Morgan fingerprint density at radius 1 is 1.31 bits per heavy atom. The van der Waals surface area contributed by atoms with Crippen LogP contribution in [0.2, 0.25) is 0 Å². The Kier molecular flexibility index (Phi) is 9.66. The van der Waals surface area contributed by atoms with Gasteiger partial charge in [0.1, 0.15) is 12.7 Å². The van der Waals surface area contributed by atoms with Gasteiger partial charge in [0.15, 0.2) is 0 Å². The highest BCUT2D eigenvalue weighted by molar-refractivity contribution is 5.71. The highest BCUT2D eigenvalue weighted by atomic mass is 16.5. The van der Waals surface area contributed by atoms with Crippen molar-refractivity contribution in [2.75, 3.05) is 13.2 Å². The fraction of sp³-hybridized carbons (Fsp3) is 0.583. The summed E-state index contributed by atoms with van der Waals surface area (Å²) in [7, 11) is 0. The molecule has 0 aromatic heterocycles. The molecule has 0 aliphatic heterocycles. The van der Waals surface area contributed by atoms with Crippen molar-refractivity contribution in [2.24, 2.45) is 0 Å². The third kappa shape index (κ3) is 9.43. The van der Waals surface area contributed by atoms with Crippen molar-refractivity contribution in [1.29, 1.82) is 0 Å². The fourth-order valence-corrected chi connectivity index (χ4v) is 0.918. The van der Waals surface area contributed by atoms with E-state index in [1.165, 1.54) is 0 Å². The molecule has 0 fully saturated rings. The first-order valence-electron chi connectivity index (χ1n) is 5.45. The van der Waals surface area contributed by atoms with Crippen molar-refractivity contribution < 1.29 is 19.7 Å². The molecule has 0 spiro atoms. The average molecular weight is 228 g/mol. The maximum atomic E-state index is 11.1. The van der Waals surface area contributed by atoms with Gasteiger partial charge in [-0.1, -0.05) is 31.2 Å². The van der Waals surface area contributed by atoms with Crippen molar-refractivity contribution in [2.45, 2.75) is 32.3 Å². The zero-order valence-electron chi connectivity index (χ0n) is 9.63. The molecule has 0 heterocycles. The predicted molar refractivity (Wildman–Crippen MR) is 61.9 cm³/mol. The lowest BCUT2D eigenvalue weighted by atomic mass is 10.3. The molecule has 4 heteroatoms. The van der Waals surface area contributed by atoms with E-state index in [0.29, 0.717) is 0 Å². The van der Waals surface area contributed by atoms with Crippen LogP contribution in [0.3, 0.4) is 0 Å². The summed E-state index contributed by atoms with van der Waals surface area (Å²) >= 11 is 0. The quantitative estimate of drug-likeness (QED) is 0.483. The van der Waals surface area contributed by atoms with E-state index in [1.807, 2.05) is 12.2 Å². The van der Waals surface area contributed by atoms with E-state index in [-0.39, 0.29) is 13.0 Å². The smallest absolute Gasteiger partial charge is 0.309 e. The first-order chi connectivity index (χ1) is 7.70. The zero-order valence-corrected chi connectivity index (χ0v) is 9.63. The second-order valence-corrected chi connectivity index (χ2v) is 3.31. The van der Waals surface area contributed by atoms with Crippen molar-refractivity contribution in [1.82, 2.24) is 0 Å². The number of hydrogen-bond acceptors (Lipinski definition) is 4. The van der Waals surface area contributed by atoms with Crippen LogP contribution in [-0.2, 0) is 9.53 Å². The molecule has 0 saturated carbocycles. The molecular weight excluding hydrogens is 208 g/mol. The minimum absolute atomic E-state index is 0.154. The van der Waals surface area contributed by atoms with Gasteiger partial charge < -0.3 is 14.9 Å². The Labute approximate surface area is 96.2 Å². The lowest BCUT2D eigenvalue weighted by molar-refractivity contribution is -0.146. The number of carbonyl (C=O) groups is 1. The Hall–Kier alpha value is -1.13. The Balaban J connectivity index is 3.53. The van der Waals surface area contributed by atoms with E-state index in [4.69, 9.17) is 14.9 Å².